The lowest BCUT2D eigenvalue weighted by atomic mass is 10.2. The summed E-state index contributed by atoms with van der Waals surface area (Å²) >= 11 is 0. The van der Waals surface area contributed by atoms with Crippen LogP contribution in [-0.4, -0.2) is 55.5 Å². The molecule has 1 atom stereocenters. The Bertz CT molecular complexity index is 1010. The predicted molar refractivity (Wildman–Crippen MR) is 111 cm³/mol. The van der Waals surface area contributed by atoms with E-state index >= 15 is 0 Å². The van der Waals surface area contributed by atoms with E-state index in [1.807, 2.05) is 13.8 Å². The van der Waals surface area contributed by atoms with E-state index in [1.165, 1.54) is 12.1 Å². The van der Waals surface area contributed by atoms with E-state index in [9.17, 15) is 18.0 Å². The minimum absolute atomic E-state index is 0.0197. The molecule has 1 aromatic heterocycles. The van der Waals surface area contributed by atoms with Gasteiger partial charge in [0.2, 0.25) is 11.8 Å². The second-order valence-electron chi connectivity index (χ2n) is 7.91. The summed E-state index contributed by atoms with van der Waals surface area (Å²) < 4.78 is 28.8. The highest BCUT2D eigenvalue weighted by molar-refractivity contribution is 7.90. The molecule has 8 nitrogen and oxygen atoms in total. The summed E-state index contributed by atoms with van der Waals surface area (Å²) in [5.41, 5.74) is 0.714. The molecule has 0 saturated carbocycles. The molecule has 0 spiro atoms. The number of rotatable bonds is 7. The summed E-state index contributed by atoms with van der Waals surface area (Å²) in [5, 5.41) is 2.97. The largest absolute Gasteiger partial charge is 0.441 e. The van der Waals surface area contributed by atoms with Gasteiger partial charge in [-0.1, -0.05) is 13.8 Å². The van der Waals surface area contributed by atoms with E-state index in [-0.39, 0.29) is 35.1 Å². The van der Waals surface area contributed by atoms with Crippen molar-refractivity contribution < 1.29 is 22.4 Å². The highest BCUT2D eigenvalue weighted by Gasteiger charge is 2.28. The van der Waals surface area contributed by atoms with Gasteiger partial charge in [0.25, 0.3) is 0 Å². The van der Waals surface area contributed by atoms with Crippen LogP contribution >= 0.6 is 0 Å². The maximum absolute atomic E-state index is 12.3. The van der Waals surface area contributed by atoms with Crippen molar-refractivity contribution in [2.75, 3.05) is 19.3 Å². The third-order valence-electron chi connectivity index (χ3n) is 5.05. The molecule has 2 heterocycles. The highest BCUT2D eigenvalue weighted by atomic mass is 32.2. The first-order valence-electron chi connectivity index (χ1n) is 9.97. The quantitative estimate of drug-likeness (QED) is 0.716. The van der Waals surface area contributed by atoms with Crippen molar-refractivity contribution >= 4 is 21.7 Å². The average molecular weight is 434 g/mol. The lowest BCUT2D eigenvalue weighted by Gasteiger charge is -2.19. The fourth-order valence-corrected chi connectivity index (χ4v) is 4.02. The van der Waals surface area contributed by atoms with Crippen molar-refractivity contribution in [1.29, 1.82) is 0 Å². The zero-order valence-corrected chi connectivity index (χ0v) is 18.2. The Morgan fingerprint density at radius 1 is 1.27 bits per heavy atom. The van der Waals surface area contributed by atoms with E-state index < -0.39 is 9.84 Å². The van der Waals surface area contributed by atoms with Crippen LogP contribution < -0.4 is 5.32 Å². The van der Waals surface area contributed by atoms with E-state index in [0.717, 1.165) is 12.7 Å². The highest BCUT2D eigenvalue weighted by Crippen LogP contribution is 2.23. The Morgan fingerprint density at radius 3 is 2.60 bits per heavy atom. The number of aromatic nitrogens is 1. The molecule has 1 aliphatic rings. The summed E-state index contributed by atoms with van der Waals surface area (Å²) in [7, 11) is -3.25. The smallest absolute Gasteiger partial charge is 0.225 e. The van der Waals surface area contributed by atoms with Crippen molar-refractivity contribution in [3.05, 3.63) is 36.4 Å². The zero-order chi connectivity index (χ0) is 21.9. The summed E-state index contributed by atoms with van der Waals surface area (Å²) in [6.07, 6.45) is 4.08. The van der Waals surface area contributed by atoms with Crippen LogP contribution in [0.15, 0.2) is 39.8 Å². The Kier molecular flexibility index (Phi) is 6.60. The van der Waals surface area contributed by atoms with Gasteiger partial charge in [-0.3, -0.25) is 9.59 Å². The van der Waals surface area contributed by atoms with Crippen LogP contribution in [0.2, 0.25) is 0 Å². The molecule has 1 N–H and O–H groups in total. The van der Waals surface area contributed by atoms with Crippen molar-refractivity contribution in [1.82, 2.24) is 15.2 Å². The summed E-state index contributed by atoms with van der Waals surface area (Å²) in [6.45, 7) is 4.97. The lowest BCUT2D eigenvalue weighted by molar-refractivity contribution is -0.133. The molecule has 1 fully saturated rings. The molecule has 1 unspecified atom stereocenters. The summed E-state index contributed by atoms with van der Waals surface area (Å²) in [4.78, 5) is 30.5. The Balaban J connectivity index is 1.50. The van der Waals surface area contributed by atoms with E-state index in [1.54, 1.807) is 23.2 Å². The van der Waals surface area contributed by atoms with Crippen LogP contribution in [0.5, 0.6) is 0 Å². The number of sulfone groups is 1. The first-order chi connectivity index (χ1) is 14.1. The van der Waals surface area contributed by atoms with Gasteiger partial charge in [-0.25, -0.2) is 13.4 Å². The molecule has 1 saturated heterocycles. The molecule has 0 aliphatic carbocycles. The van der Waals surface area contributed by atoms with Crippen molar-refractivity contribution in [2.45, 2.75) is 44.0 Å². The summed E-state index contributed by atoms with van der Waals surface area (Å²) in [6, 6.07) is 6.36. The van der Waals surface area contributed by atoms with Crippen molar-refractivity contribution in [3.63, 3.8) is 0 Å². The third kappa shape index (κ3) is 5.47. The zero-order valence-electron chi connectivity index (χ0n) is 17.4. The second-order valence-corrected chi connectivity index (χ2v) is 9.92. The first-order valence-corrected chi connectivity index (χ1v) is 11.9. The van der Waals surface area contributed by atoms with Crippen molar-refractivity contribution in [3.8, 4) is 11.3 Å². The minimum Gasteiger partial charge on any atom is -0.441 e. The predicted octanol–water partition coefficient (Wildman–Crippen LogP) is 2.05. The van der Waals surface area contributed by atoms with Crippen LogP contribution in [-0.2, 0) is 25.8 Å². The van der Waals surface area contributed by atoms with Gasteiger partial charge in [-0.05, 0) is 30.7 Å². The number of aryl methyl sites for hydroxylation is 1. The van der Waals surface area contributed by atoms with Gasteiger partial charge < -0.3 is 14.6 Å². The van der Waals surface area contributed by atoms with Crippen LogP contribution in [0.3, 0.4) is 0 Å². The fourth-order valence-electron chi connectivity index (χ4n) is 3.39. The van der Waals surface area contributed by atoms with Crippen molar-refractivity contribution in [2.24, 2.45) is 5.92 Å². The van der Waals surface area contributed by atoms with Crippen LogP contribution in [0, 0.1) is 5.92 Å². The van der Waals surface area contributed by atoms with Gasteiger partial charge in [0.05, 0.1) is 11.1 Å². The van der Waals surface area contributed by atoms with E-state index in [2.05, 4.69) is 10.3 Å². The number of nitrogens with one attached hydrogen (secondary N) is 1. The van der Waals surface area contributed by atoms with Crippen LogP contribution in [0.4, 0.5) is 0 Å². The number of nitrogens with zero attached hydrogens (tertiary/aromatic N) is 2. The monoisotopic (exact) mass is 433 g/mol. The van der Waals surface area contributed by atoms with Crippen LogP contribution in [0.25, 0.3) is 11.3 Å². The van der Waals surface area contributed by atoms with Gasteiger partial charge in [0, 0.05) is 49.7 Å². The Hall–Kier alpha value is -2.68. The number of hydrogen-bond donors (Lipinski definition) is 1. The standard InChI is InChI=1S/C21H27N3O5S/c1-14(2)21(26)24-11-10-16(13-24)23-19(25)8-9-20-22-12-18(29-20)15-4-6-17(7-5-15)30(3,27)28/h4-7,12,14,16H,8-11,13H2,1-3H3,(H,23,25). The molecule has 0 bridgehead atoms. The normalized spacial score (nSPS) is 16.8. The number of oxazole rings is 1. The van der Waals surface area contributed by atoms with Gasteiger partial charge >= 0.3 is 0 Å². The van der Waals surface area contributed by atoms with Crippen LogP contribution in [0.1, 0.15) is 32.6 Å². The molecule has 2 amide bonds. The number of carbonyl (C=O) groups is 2. The van der Waals surface area contributed by atoms with E-state index in [4.69, 9.17) is 4.42 Å². The molecular formula is C21H27N3O5S. The van der Waals surface area contributed by atoms with E-state index in [0.29, 0.717) is 36.7 Å². The third-order valence-corrected chi connectivity index (χ3v) is 6.17. The fraction of sp³-hybridized carbons (Fsp3) is 0.476. The number of likely N-dealkylation sites (tertiary alicyclic amines) is 1. The molecular weight excluding hydrogens is 406 g/mol. The number of amides is 2. The second kappa shape index (κ2) is 8.99. The topological polar surface area (TPSA) is 110 Å². The molecule has 1 aromatic carbocycles. The molecule has 0 radical (unpaired) electrons. The Morgan fingerprint density at radius 2 is 1.97 bits per heavy atom. The average Bonchev–Trinajstić information content (AvgIpc) is 3.35. The number of benzene rings is 1. The van der Waals surface area contributed by atoms with Gasteiger partial charge in [0.1, 0.15) is 0 Å². The maximum Gasteiger partial charge on any atom is 0.225 e. The van der Waals surface area contributed by atoms with Gasteiger partial charge in [-0.15, -0.1) is 0 Å². The molecule has 3 rings (SSSR count). The molecule has 9 heteroatoms. The molecule has 1 aliphatic heterocycles. The SMILES string of the molecule is CC(C)C(=O)N1CCC(NC(=O)CCc2ncc(-c3ccc(S(C)(=O)=O)cc3)o2)C1. The molecule has 162 valence electrons. The molecule has 2 aromatic rings. The number of carbonyl (C=O) groups excluding carboxylic acids is 2. The Labute approximate surface area is 176 Å². The molecule has 30 heavy (non-hydrogen) atoms. The lowest BCUT2D eigenvalue weighted by Crippen LogP contribution is -2.39. The van der Waals surface area contributed by atoms with Gasteiger partial charge in [-0.2, -0.15) is 0 Å². The summed E-state index contributed by atoms with van der Waals surface area (Å²) in [5.74, 6) is 0.931. The maximum atomic E-state index is 12.3. The number of hydrogen-bond acceptors (Lipinski definition) is 6. The van der Waals surface area contributed by atoms with Gasteiger partial charge in [0.15, 0.2) is 21.5 Å². The minimum atomic E-state index is -3.25. The first kappa shape index (κ1) is 22.0.